The van der Waals surface area contributed by atoms with Gasteiger partial charge in [0, 0.05) is 13.7 Å². The lowest BCUT2D eigenvalue weighted by Crippen LogP contribution is -2.35. The van der Waals surface area contributed by atoms with Crippen molar-refractivity contribution in [2.24, 2.45) is 5.92 Å². The molecular weight excluding hydrogens is 259 g/mol. The van der Waals surface area contributed by atoms with Crippen LogP contribution in [0.2, 0.25) is 0 Å². The summed E-state index contributed by atoms with van der Waals surface area (Å²) in [5.74, 6) is -0.0180. The van der Waals surface area contributed by atoms with Gasteiger partial charge in [0.2, 0.25) is 5.91 Å². The number of benzene rings is 1. The largest absolute Gasteiger partial charge is 0.384 e. The summed E-state index contributed by atoms with van der Waals surface area (Å²) in [4.78, 5) is 14.0. The van der Waals surface area contributed by atoms with E-state index in [1.165, 1.54) is 12.1 Å². The maximum atomic E-state index is 13.4. The van der Waals surface area contributed by atoms with Gasteiger partial charge >= 0.3 is 0 Å². The van der Waals surface area contributed by atoms with Crippen LogP contribution in [0.3, 0.4) is 0 Å². The zero-order chi connectivity index (χ0) is 14.7. The molecule has 4 nitrogen and oxygen atoms in total. The number of carbonyl (C=O) groups is 1. The van der Waals surface area contributed by atoms with Gasteiger partial charge in [0.15, 0.2) is 0 Å². The van der Waals surface area contributed by atoms with Crippen LogP contribution < -0.4 is 5.32 Å². The normalized spacial score (nSPS) is 24.2. The second-order valence-electron chi connectivity index (χ2n) is 5.40. The summed E-state index contributed by atoms with van der Waals surface area (Å²) >= 11 is 0. The van der Waals surface area contributed by atoms with Crippen LogP contribution >= 0.6 is 0 Å². The summed E-state index contributed by atoms with van der Waals surface area (Å²) in [7, 11) is 1.65. The molecule has 1 fully saturated rings. The summed E-state index contributed by atoms with van der Waals surface area (Å²) in [5, 5.41) is 3.21. The van der Waals surface area contributed by atoms with Crippen molar-refractivity contribution in [1.29, 1.82) is 0 Å². The fourth-order valence-electron chi connectivity index (χ4n) is 2.60. The number of carbonyl (C=O) groups excluding carboxylic acids is 1. The Balaban J connectivity index is 2.19. The van der Waals surface area contributed by atoms with E-state index >= 15 is 0 Å². The summed E-state index contributed by atoms with van der Waals surface area (Å²) < 4.78 is 18.5. The number of amides is 1. The molecule has 1 N–H and O–H groups in total. The quantitative estimate of drug-likeness (QED) is 0.896. The highest BCUT2D eigenvalue weighted by Crippen LogP contribution is 2.26. The molecule has 1 heterocycles. The minimum Gasteiger partial charge on any atom is -0.384 e. The zero-order valence-corrected chi connectivity index (χ0v) is 12.1. The minimum atomic E-state index is -0.291. The van der Waals surface area contributed by atoms with Crippen LogP contribution in [0, 0.1) is 11.7 Å². The molecule has 1 amide bonds. The number of nitrogens with zero attached hydrogens (tertiary/aromatic N) is 1. The van der Waals surface area contributed by atoms with Crippen LogP contribution in [0.25, 0.3) is 0 Å². The highest BCUT2D eigenvalue weighted by atomic mass is 19.1. The molecule has 0 bridgehead atoms. The van der Waals surface area contributed by atoms with Gasteiger partial charge in [0.05, 0.1) is 12.6 Å². The monoisotopic (exact) mass is 280 g/mol. The SMILES string of the molecule is COCC(C)CN1C(=O)C(C)NC1c1cccc(F)c1. The Morgan fingerprint density at radius 1 is 1.50 bits per heavy atom. The molecule has 0 aliphatic carbocycles. The number of rotatable bonds is 5. The number of ether oxygens (including phenoxy) is 1. The molecule has 0 radical (unpaired) electrons. The maximum Gasteiger partial charge on any atom is 0.241 e. The zero-order valence-electron chi connectivity index (χ0n) is 12.1. The van der Waals surface area contributed by atoms with E-state index < -0.39 is 0 Å². The molecular formula is C15H21FN2O2. The summed E-state index contributed by atoms with van der Waals surface area (Å²) in [6.07, 6.45) is -0.271. The first-order valence-corrected chi connectivity index (χ1v) is 6.84. The Labute approximate surface area is 118 Å². The van der Waals surface area contributed by atoms with Gasteiger partial charge in [-0.1, -0.05) is 19.1 Å². The minimum absolute atomic E-state index is 0.0437. The lowest BCUT2D eigenvalue weighted by molar-refractivity contribution is -0.130. The van der Waals surface area contributed by atoms with E-state index in [1.54, 1.807) is 18.1 Å². The molecule has 3 atom stereocenters. The fraction of sp³-hybridized carbons (Fsp3) is 0.533. The van der Waals surface area contributed by atoms with Crippen LogP contribution in [0.1, 0.15) is 25.6 Å². The van der Waals surface area contributed by atoms with Gasteiger partial charge in [0.25, 0.3) is 0 Å². The summed E-state index contributed by atoms with van der Waals surface area (Å²) in [5.41, 5.74) is 0.771. The second-order valence-corrected chi connectivity index (χ2v) is 5.40. The van der Waals surface area contributed by atoms with Crippen molar-refractivity contribution in [3.63, 3.8) is 0 Å². The lowest BCUT2D eigenvalue weighted by Gasteiger charge is -2.27. The molecule has 5 heteroatoms. The molecule has 1 aliphatic heterocycles. The molecule has 1 aromatic carbocycles. The predicted molar refractivity (Wildman–Crippen MR) is 74.5 cm³/mol. The van der Waals surface area contributed by atoms with E-state index in [-0.39, 0.29) is 29.8 Å². The fourth-order valence-corrected chi connectivity index (χ4v) is 2.60. The smallest absolute Gasteiger partial charge is 0.241 e. The molecule has 0 saturated carbocycles. The van der Waals surface area contributed by atoms with Crippen molar-refractivity contribution in [2.45, 2.75) is 26.1 Å². The molecule has 1 saturated heterocycles. The third kappa shape index (κ3) is 3.16. The molecule has 1 aromatic rings. The average molecular weight is 280 g/mol. The third-order valence-electron chi connectivity index (χ3n) is 3.50. The van der Waals surface area contributed by atoms with Gasteiger partial charge in [-0.25, -0.2) is 4.39 Å². The van der Waals surface area contributed by atoms with Crippen molar-refractivity contribution in [3.8, 4) is 0 Å². The number of methoxy groups -OCH3 is 1. The Bertz CT molecular complexity index is 481. The van der Waals surface area contributed by atoms with Crippen LogP contribution in [-0.4, -0.2) is 37.1 Å². The highest BCUT2D eigenvalue weighted by molar-refractivity contribution is 5.84. The van der Waals surface area contributed by atoms with Crippen LogP contribution in [-0.2, 0) is 9.53 Å². The van der Waals surface area contributed by atoms with Crippen molar-refractivity contribution >= 4 is 5.91 Å². The Kier molecular flexibility index (Phi) is 4.73. The summed E-state index contributed by atoms with van der Waals surface area (Å²) in [6, 6.07) is 6.12. The standard InChI is InChI=1S/C15H21FN2O2/c1-10(9-20-3)8-18-14(17-11(2)15(18)19)12-5-4-6-13(16)7-12/h4-7,10-11,14,17H,8-9H2,1-3H3. The number of nitrogens with one attached hydrogen (secondary N) is 1. The van der Waals surface area contributed by atoms with E-state index in [0.717, 1.165) is 5.56 Å². The van der Waals surface area contributed by atoms with Gasteiger partial charge in [0.1, 0.15) is 12.0 Å². The van der Waals surface area contributed by atoms with E-state index in [1.807, 2.05) is 19.9 Å². The van der Waals surface area contributed by atoms with E-state index in [2.05, 4.69) is 5.32 Å². The topological polar surface area (TPSA) is 41.6 Å². The van der Waals surface area contributed by atoms with Crippen molar-refractivity contribution in [2.75, 3.05) is 20.3 Å². The predicted octanol–water partition coefficient (Wildman–Crippen LogP) is 1.93. The highest BCUT2D eigenvalue weighted by Gasteiger charge is 2.37. The average Bonchev–Trinajstić information content (AvgIpc) is 2.67. The van der Waals surface area contributed by atoms with Crippen molar-refractivity contribution in [3.05, 3.63) is 35.6 Å². The molecule has 0 aromatic heterocycles. The van der Waals surface area contributed by atoms with Gasteiger partial charge in [-0.15, -0.1) is 0 Å². The van der Waals surface area contributed by atoms with Gasteiger partial charge < -0.3 is 9.64 Å². The molecule has 3 unspecified atom stereocenters. The van der Waals surface area contributed by atoms with Crippen molar-refractivity contribution < 1.29 is 13.9 Å². The first-order valence-electron chi connectivity index (χ1n) is 6.84. The Hall–Kier alpha value is -1.46. The van der Waals surface area contributed by atoms with Crippen LogP contribution in [0.5, 0.6) is 0 Å². The summed E-state index contributed by atoms with van der Waals surface area (Å²) in [6.45, 7) is 5.04. The van der Waals surface area contributed by atoms with Gasteiger partial charge in [-0.3, -0.25) is 10.1 Å². The third-order valence-corrected chi connectivity index (χ3v) is 3.50. The van der Waals surface area contributed by atoms with Gasteiger partial charge in [-0.05, 0) is 30.5 Å². The maximum absolute atomic E-state index is 13.4. The van der Waals surface area contributed by atoms with E-state index in [0.29, 0.717) is 13.2 Å². The molecule has 1 aliphatic rings. The lowest BCUT2D eigenvalue weighted by atomic mass is 10.1. The first kappa shape index (κ1) is 14.9. The van der Waals surface area contributed by atoms with Crippen molar-refractivity contribution in [1.82, 2.24) is 10.2 Å². The molecule has 110 valence electrons. The Morgan fingerprint density at radius 3 is 2.90 bits per heavy atom. The number of halogens is 1. The van der Waals surface area contributed by atoms with E-state index in [4.69, 9.17) is 4.74 Å². The number of hydrogen-bond donors (Lipinski definition) is 1. The van der Waals surface area contributed by atoms with Crippen LogP contribution in [0.15, 0.2) is 24.3 Å². The number of hydrogen-bond acceptors (Lipinski definition) is 3. The second kappa shape index (κ2) is 6.33. The Morgan fingerprint density at radius 2 is 2.25 bits per heavy atom. The molecule has 0 spiro atoms. The van der Waals surface area contributed by atoms with Gasteiger partial charge in [-0.2, -0.15) is 0 Å². The van der Waals surface area contributed by atoms with Crippen LogP contribution in [0.4, 0.5) is 4.39 Å². The molecule has 2 rings (SSSR count). The molecule has 20 heavy (non-hydrogen) atoms. The van der Waals surface area contributed by atoms with E-state index in [9.17, 15) is 9.18 Å². The first-order chi connectivity index (χ1) is 9.52.